The Morgan fingerprint density at radius 1 is 0.939 bits per heavy atom. The molecule has 0 bridgehead atoms. The van der Waals surface area contributed by atoms with Crippen molar-refractivity contribution < 1.29 is 24.3 Å². The first kappa shape index (κ1) is 25.9. The number of hydroxylamine groups is 1. The fourth-order valence-electron chi connectivity index (χ4n) is 3.49. The van der Waals surface area contributed by atoms with Crippen LogP contribution in [0.5, 0.6) is 5.75 Å². The summed E-state index contributed by atoms with van der Waals surface area (Å²) in [6.45, 7) is 4.33. The summed E-state index contributed by atoms with van der Waals surface area (Å²) in [5.41, 5.74) is 3.48. The topological polar surface area (TPSA) is 117 Å². The Hall–Kier alpha value is -3.39. The standard InChI is InChI=1S/C25H33N3O5/c1-17(2)13-20(15-23(29)28-32)24(30)27-22(25(31)26-3)14-18-9-11-21(12-10-18)33-16-19-7-5-4-6-8-19/h4-12,17,20,22,32H,13-16H2,1-3H3,(H,26,31)(H,27,30)(H,28,29)/t20?,22-/m0/s1. The first-order chi connectivity index (χ1) is 15.8. The lowest BCUT2D eigenvalue weighted by molar-refractivity contribution is -0.136. The van der Waals surface area contributed by atoms with Crippen LogP contribution in [-0.2, 0) is 27.4 Å². The summed E-state index contributed by atoms with van der Waals surface area (Å²) >= 11 is 0. The molecule has 2 aromatic carbocycles. The zero-order valence-electron chi connectivity index (χ0n) is 19.3. The monoisotopic (exact) mass is 455 g/mol. The van der Waals surface area contributed by atoms with Crippen LogP contribution in [0.15, 0.2) is 54.6 Å². The predicted octanol–water partition coefficient (Wildman–Crippen LogP) is 2.60. The molecule has 4 N–H and O–H groups in total. The maximum Gasteiger partial charge on any atom is 0.244 e. The van der Waals surface area contributed by atoms with Gasteiger partial charge >= 0.3 is 0 Å². The Morgan fingerprint density at radius 3 is 2.18 bits per heavy atom. The number of hydrogen-bond acceptors (Lipinski definition) is 5. The maximum atomic E-state index is 12.9. The van der Waals surface area contributed by atoms with Crippen molar-refractivity contribution in [3.8, 4) is 5.75 Å². The number of likely N-dealkylation sites (N-methyl/N-ethyl adjacent to an activating group) is 1. The van der Waals surface area contributed by atoms with Gasteiger partial charge in [0.15, 0.2) is 0 Å². The highest BCUT2D eigenvalue weighted by molar-refractivity contribution is 5.90. The minimum atomic E-state index is -0.801. The zero-order chi connectivity index (χ0) is 24.2. The summed E-state index contributed by atoms with van der Waals surface area (Å²) in [6.07, 6.45) is 0.576. The number of nitrogens with one attached hydrogen (secondary N) is 3. The van der Waals surface area contributed by atoms with Crippen molar-refractivity contribution in [2.75, 3.05) is 7.05 Å². The molecule has 2 aromatic rings. The fourth-order valence-corrected chi connectivity index (χ4v) is 3.49. The highest BCUT2D eigenvalue weighted by Crippen LogP contribution is 2.18. The lowest BCUT2D eigenvalue weighted by Crippen LogP contribution is -2.49. The molecule has 2 rings (SSSR count). The van der Waals surface area contributed by atoms with E-state index in [2.05, 4.69) is 10.6 Å². The Balaban J connectivity index is 2.03. The van der Waals surface area contributed by atoms with Gasteiger partial charge in [0.2, 0.25) is 17.7 Å². The summed E-state index contributed by atoms with van der Waals surface area (Å²) in [5.74, 6) is -1.16. The Bertz CT molecular complexity index is 900. The van der Waals surface area contributed by atoms with E-state index in [1.165, 1.54) is 7.05 Å². The van der Waals surface area contributed by atoms with Gasteiger partial charge in [-0.25, -0.2) is 5.48 Å². The SMILES string of the molecule is CNC(=O)[C@H](Cc1ccc(OCc2ccccc2)cc1)NC(=O)C(CC(=O)NO)CC(C)C. The van der Waals surface area contributed by atoms with Gasteiger partial charge < -0.3 is 15.4 Å². The minimum absolute atomic E-state index is 0.158. The number of hydrogen-bond donors (Lipinski definition) is 4. The maximum absolute atomic E-state index is 12.9. The van der Waals surface area contributed by atoms with E-state index in [-0.39, 0.29) is 24.7 Å². The second-order valence-corrected chi connectivity index (χ2v) is 8.36. The van der Waals surface area contributed by atoms with Crippen LogP contribution in [0.4, 0.5) is 0 Å². The highest BCUT2D eigenvalue weighted by Gasteiger charge is 2.27. The molecule has 0 saturated carbocycles. The normalized spacial score (nSPS) is 12.5. The van der Waals surface area contributed by atoms with E-state index in [4.69, 9.17) is 9.94 Å². The number of carbonyl (C=O) groups excluding carboxylic acids is 3. The van der Waals surface area contributed by atoms with E-state index in [0.717, 1.165) is 11.1 Å². The summed E-state index contributed by atoms with van der Waals surface area (Å²) in [5, 5.41) is 14.2. The number of amides is 3. The van der Waals surface area contributed by atoms with Gasteiger partial charge in [-0.3, -0.25) is 19.6 Å². The van der Waals surface area contributed by atoms with Gasteiger partial charge in [-0.1, -0.05) is 56.3 Å². The van der Waals surface area contributed by atoms with E-state index in [1.807, 2.05) is 68.4 Å². The van der Waals surface area contributed by atoms with Crippen LogP contribution in [-0.4, -0.2) is 36.0 Å². The van der Waals surface area contributed by atoms with Crippen molar-refractivity contribution in [1.82, 2.24) is 16.1 Å². The molecule has 3 amide bonds. The molecule has 0 aromatic heterocycles. The molecule has 0 radical (unpaired) electrons. The molecule has 8 heteroatoms. The summed E-state index contributed by atoms with van der Waals surface area (Å²) < 4.78 is 5.79. The second kappa shape index (κ2) is 13.2. The first-order valence-corrected chi connectivity index (χ1v) is 11.0. The third kappa shape index (κ3) is 8.94. The molecule has 0 fully saturated rings. The van der Waals surface area contributed by atoms with Gasteiger partial charge in [-0.2, -0.15) is 0 Å². The van der Waals surface area contributed by atoms with Crippen LogP contribution in [0.2, 0.25) is 0 Å². The second-order valence-electron chi connectivity index (χ2n) is 8.36. The van der Waals surface area contributed by atoms with Crippen LogP contribution in [0.3, 0.4) is 0 Å². The van der Waals surface area contributed by atoms with E-state index in [0.29, 0.717) is 18.8 Å². The van der Waals surface area contributed by atoms with Crippen LogP contribution in [0.25, 0.3) is 0 Å². The fraction of sp³-hybridized carbons (Fsp3) is 0.400. The van der Waals surface area contributed by atoms with Crippen molar-refractivity contribution in [3.05, 3.63) is 65.7 Å². The van der Waals surface area contributed by atoms with Crippen molar-refractivity contribution >= 4 is 17.7 Å². The van der Waals surface area contributed by atoms with Gasteiger partial charge in [-0.15, -0.1) is 0 Å². The Kier molecular flexibility index (Phi) is 10.4. The molecule has 0 spiro atoms. The predicted molar refractivity (Wildman–Crippen MR) is 124 cm³/mol. The third-order valence-electron chi connectivity index (χ3n) is 5.17. The molecule has 0 heterocycles. The van der Waals surface area contributed by atoms with Gasteiger partial charge in [0.25, 0.3) is 0 Å². The first-order valence-electron chi connectivity index (χ1n) is 11.0. The van der Waals surface area contributed by atoms with E-state index < -0.39 is 23.8 Å². The van der Waals surface area contributed by atoms with Crippen molar-refractivity contribution in [2.45, 2.75) is 45.8 Å². The lowest BCUT2D eigenvalue weighted by atomic mass is 9.92. The van der Waals surface area contributed by atoms with Gasteiger partial charge in [0, 0.05) is 25.8 Å². The van der Waals surface area contributed by atoms with Crippen LogP contribution in [0.1, 0.15) is 37.8 Å². The van der Waals surface area contributed by atoms with E-state index in [9.17, 15) is 14.4 Å². The lowest BCUT2D eigenvalue weighted by Gasteiger charge is -2.22. The largest absolute Gasteiger partial charge is 0.489 e. The molecule has 178 valence electrons. The highest BCUT2D eigenvalue weighted by atomic mass is 16.5. The summed E-state index contributed by atoms with van der Waals surface area (Å²) in [4.78, 5) is 36.9. The summed E-state index contributed by atoms with van der Waals surface area (Å²) in [6, 6.07) is 16.4. The molecular formula is C25H33N3O5. The van der Waals surface area contributed by atoms with Gasteiger partial charge in [0.05, 0.1) is 0 Å². The molecule has 8 nitrogen and oxygen atoms in total. The molecule has 2 atom stereocenters. The smallest absolute Gasteiger partial charge is 0.244 e. The molecule has 0 aliphatic rings. The van der Waals surface area contributed by atoms with E-state index >= 15 is 0 Å². The van der Waals surface area contributed by atoms with Crippen molar-refractivity contribution in [2.24, 2.45) is 11.8 Å². The minimum Gasteiger partial charge on any atom is -0.489 e. The number of ether oxygens (including phenoxy) is 1. The quantitative estimate of drug-likeness (QED) is 0.290. The third-order valence-corrected chi connectivity index (χ3v) is 5.17. The molecule has 0 aliphatic carbocycles. The van der Waals surface area contributed by atoms with Crippen LogP contribution >= 0.6 is 0 Å². The van der Waals surface area contributed by atoms with Crippen LogP contribution in [0, 0.1) is 11.8 Å². The Morgan fingerprint density at radius 2 is 1.61 bits per heavy atom. The molecule has 0 aliphatic heterocycles. The van der Waals surface area contributed by atoms with Crippen molar-refractivity contribution in [1.29, 1.82) is 0 Å². The van der Waals surface area contributed by atoms with Crippen LogP contribution < -0.4 is 20.9 Å². The van der Waals surface area contributed by atoms with Crippen molar-refractivity contribution in [3.63, 3.8) is 0 Å². The molecule has 0 saturated heterocycles. The average molecular weight is 456 g/mol. The number of rotatable bonds is 12. The molecule has 33 heavy (non-hydrogen) atoms. The van der Waals surface area contributed by atoms with Gasteiger partial charge in [-0.05, 0) is 35.6 Å². The molecular weight excluding hydrogens is 422 g/mol. The van der Waals surface area contributed by atoms with E-state index in [1.54, 1.807) is 5.48 Å². The van der Waals surface area contributed by atoms with Gasteiger partial charge in [0.1, 0.15) is 18.4 Å². The average Bonchev–Trinajstić information content (AvgIpc) is 2.82. The number of benzene rings is 2. The zero-order valence-corrected chi connectivity index (χ0v) is 19.3. The Labute approximate surface area is 194 Å². The molecule has 1 unspecified atom stereocenters. The number of carbonyl (C=O) groups is 3. The summed E-state index contributed by atoms with van der Waals surface area (Å²) in [7, 11) is 1.51.